The van der Waals surface area contributed by atoms with Crippen molar-refractivity contribution in [2.24, 2.45) is 0 Å². The van der Waals surface area contributed by atoms with Crippen LogP contribution in [0, 0.1) is 12.7 Å². The van der Waals surface area contributed by atoms with E-state index in [0.29, 0.717) is 0 Å². The van der Waals surface area contributed by atoms with E-state index in [9.17, 15) is 9.18 Å². The first-order valence-electron chi connectivity index (χ1n) is 10.2. The molecule has 1 aromatic heterocycles. The predicted octanol–water partition coefficient (Wildman–Crippen LogP) is 3.94. The summed E-state index contributed by atoms with van der Waals surface area (Å²) in [5.41, 5.74) is 4.46. The fourth-order valence-corrected chi connectivity index (χ4v) is 4.10. The number of amides is 1. The molecule has 2 aromatic carbocycles. The number of hydrogen-bond donors (Lipinski definition) is 2. The lowest BCUT2D eigenvalue weighted by Crippen LogP contribution is -2.46. The molecule has 1 aliphatic heterocycles. The molecule has 2 N–H and O–H groups in total. The Balaban J connectivity index is 1.51. The molecule has 0 bridgehead atoms. The van der Waals surface area contributed by atoms with Crippen LogP contribution in [0.25, 0.3) is 10.9 Å². The molecule has 3 aromatic rings. The zero-order chi connectivity index (χ0) is 20.4. The Kier molecular flexibility index (Phi) is 5.53. The van der Waals surface area contributed by atoms with Crippen LogP contribution in [0.5, 0.6) is 0 Å². The number of halogens is 1. The molecule has 0 radical (unpaired) electrons. The number of aromatic amines is 1. The van der Waals surface area contributed by atoms with E-state index in [1.165, 1.54) is 12.1 Å². The van der Waals surface area contributed by atoms with E-state index < -0.39 is 0 Å². The van der Waals surface area contributed by atoms with E-state index in [1.807, 2.05) is 25.1 Å². The molecule has 0 spiro atoms. The molecular formula is C23H27FN4O. The van der Waals surface area contributed by atoms with Gasteiger partial charge in [0.2, 0.25) is 5.91 Å². The van der Waals surface area contributed by atoms with Crippen LogP contribution in [0.1, 0.15) is 18.2 Å². The second-order valence-electron chi connectivity index (χ2n) is 7.58. The summed E-state index contributed by atoms with van der Waals surface area (Å²) in [6.07, 6.45) is 0.202. The van der Waals surface area contributed by atoms with E-state index in [0.717, 1.165) is 66.3 Å². The number of carbonyl (C=O) groups excluding carboxylic acids is 1. The Bertz CT molecular complexity index is 1020. The molecule has 29 heavy (non-hydrogen) atoms. The molecule has 0 unspecified atom stereocenters. The van der Waals surface area contributed by atoms with Gasteiger partial charge in [0.05, 0.1) is 17.8 Å². The number of carbonyl (C=O) groups is 1. The number of para-hydroxylation sites is 2. The van der Waals surface area contributed by atoms with E-state index in [4.69, 9.17) is 0 Å². The normalized spacial score (nSPS) is 15.1. The fraction of sp³-hybridized carbons (Fsp3) is 0.348. The van der Waals surface area contributed by atoms with Gasteiger partial charge in [0.1, 0.15) is 5.82 Å². The van der Waals surface area contributed by atoms with Crippen LogP contribution in [0.4, 0.5) is 15.8 Å². The molecule has 1 saturated heterocycles. The van der Waals surface area contributed by atoms with Crippen molar-refractivity contribution in [1.29, 1.82) is 0 Å². The first-order chi connectivity index (χ1) is 14.0. The Morgan fingerprint density at radius 1 is 1.14 bits per heavy atom. The van der Waals surface area contributed by atoms with Gasteiger partial charge in [0.15, 0.2) is 0 Å². The third kappa shape index (κ3) is 4.12. The largest absolute Gasteiger partial charge is 0.367 e. The second-order valence-corrected chi connectivity index (χ2v) is 7.58. The molecule has 2 heterocycles. The van der Waals surface area contributed by atoms with E-state index >= 15 is 0 Å². The molecule has 0 saturated carbocycles. The number of likely N-dealkylation sites (N-methyl/N-ethyl adjacent to an activating group) is 1. The summed E-state index contributed by atoms with van der Waals surface area (Å²) in [5.74, 6) is -0.396. The molecule has 152 valence electrons. The number of anilines is 2. The first kappa shape index (κ1) is 19.5. The third-order valence-electron chi connectivity index (χ3n) is 5.76. The number of aromatic nitrogens is 1. The molecule has 0 atom stereocenters. The SMILES string of the molecule is CCN1CCN(c2ccccc2NC(=O)Cc2c(C)[nH]c3ccc(F)cc23)CC1. The van der Waals surface area contributed by atoms with Gasteiger partial charge in [-0.1, -0.05) is 19.1 Å². The lowest BCUT2D eigenvalue weighted by atomic mass is 10.1. The van der Waals surface area contributed by atoms with Gasteiger partial charge >= 0.3 is 0 Å². The number of aryl methyl sites for hydroxylation is 1. The summed E-state index contributed by atoms with van der Waals surface area (Å²) in [7, 11) is 0. The van der Waals surface area contributed by atoms with E-state index in [-0.39, 0.29) is 18.1 Å². The molecule has 1 aliphatic rings. The predicted molar refractivity (Wildman–Crippen MR) is 116 cm³/mol. The molecule has 4 rings (SSSR count). The van der Waals surface area contributed by atoms with Crippen LogP contribution in [-0.4, -0.2) is 48.5 Å². The van der Waals surface area contributed by atoms with Crippen LogP contribution in [0.2, 0.25) is 0 Å². The van der Waals surface area contributed by atoms with Crippen molar-refractivity contribution in [3.63, 3.8) is 0 Å². The number of H-pyrrole nitrogens is 1. The minimum Gasteiger partial charge on any atom is -0.367 e. The average molecular weight is 394 g/mol. The van der Waals surface area contributed by atoms with Crippen LogP contribution >= 0.6 is 0 Å². The van der Waals surface area contributed by atoms with E-state index in [1.54, 1.807) is 6.07 Å². The standard InChI is InChI=1S/C23H27FN4O/c1-3-27-10-12-28(13-11-27)22-7-5-4-6-21(22)26-23(29)15-18-16(2)25-20-9-8-17(24)14-19(18)20/h4-9,14,25H,3,10-13,15H2,1-2H3,(H,26,29). The zero-order valence-corrected chi connectivity index (χ0v) is 17.0. The number of nitrogens with zero attached hydrogens (tertiary/aromatic N) is 2. The summed E-state index contributed by atoms with van der Waals surface area (Å²) >= 11 is 0. The van der Waals surface area contributed by atoms with Gasteiger partial charge in [-0.2, -0.15) is 0 Å². The van der Waals surface area contributed by atoms with Crippen molar-refractivity contribution in [1.82, 2.24) is 9.88 Å². The average Bonchev–Trinajstić information content (AvgIpc) is 3.03. The number of piperazine rings is 1. The van der Waals surface area contributed by atoms with Crippen molar-refractivity contribution in [2.75, 3.05) is 42.9 Å². The van der Waals surface area contributed by atoms with E-state index in [2.05, 4.69) is 33.1 Å². The Morgan fingerprint density at radius 3 is 2.66 bits per heavy atom. The van der Waals surface area contributed by atoms with Crippen LogP contribution < -0.4 is 10.2 Å². The van der Waals surface area contributed by atoms with Gasteiger partial charge in [-0.3, -0.25) is 4.79 Å². The molecule has 1 fully saturated rings. The topological polar surface area (TPSA) is 51.4 Å². The minimum atomic E-state index is -0.297. The minimum absolute atomic E-state index is 0.0992. The fourth-order valence-electron chi connectivity index (χ4n) is 4.10. The third-order valence-corrected chi connectivity index (χ3v) is 5.76. The van der Waals surface area contributed by atoms with Crippen LogP contribution in [-0.2, 0) is 11.2 Å². The van der Waals surface area contributed by atoms with Gasteiger partial charge in [0, 0.05) is 42.8 Å². The van der Waals surface area contributed by atoms with Crippen LogP contribution in [0.3, 0.4) is 0 Å². The van der Waals surface area contributed by atoms with Gasteiger partial charge < -0.3 is 20.1 Å². The number of rotatable bonds is 5. The molecule has 5 nitrogen and oxygen atoms in total. The molecule has 0 aliphatic carbocycles. The highest BCUT2D eigenvalue weighted by atomic mass is 19.1. The summed E-state index contributed by atoms with van der Waals surface area (Å²) < 4.78 is 13.7. The zero-order valence-electron chi connectivity index (χ0n) is 17.0. The molecular weight excluding hydrogens is 367 g/mol. The van der Waals surface area contributed by atoms with Gasteiger partial charge in [-0.25, -0.2) is 4.39 Å². The number of benzene rings is 2. The van der Waals surface area contributed by atoms with Crippen molar-refractivity contribution < 1.29 is 9.18 Å². The van der Waals surface area contributed by atoms with Crippen molar-refractivity contribution in [3.8, 4) is 0 Å². The van der Waals surface area contributed by atoms with Crippen molar-refractivity contribution in [3.05, 3.63) is 59.5 Å². The van der Waals surface area contributed by atoms with Crippen LogP contribution in [0.15, 0.2) is 42.5 Å². The first-order valence-corrected chi connectivity index (χ1v) is 10.2. The van der Waals surface area contributed by atoms with Gasteiger partial charge in [-0.05, 0) is 49.4 Å². The number of hydrogen-bond acceptors (Lipinski definition) is 3. The molecule has 6 heteroatoms. The summed E-state index contributed by atoms with van der Waals surface area (Å²) in [6, 6.07) is 12.6. The monoisotopic (exact) mass is 394 g/mol. The molecule has 1 amide bonds. The quantitative estimate of drug-likeness (QED) is 0.689. The Labute approximate surface area is 170 Å². The van der Waals surface area contributed by atoms with Gasteiger partial charge in [0.25, 0.3) is 0 Å². The smallest absolute Gasteiger partial charge is 0.228 e. The van der Waals surface area contributed by atoms with Crippen molar-refractivity contribution >= 4 is 28.2 Å². The Morgan fingerprint density at radius 2 is 1.90 bits per heavy atom. The van der Waals surface area contributed by atoms with Gasteiger partial charge in [-0.15, -0.1) is 0 Å². The maximum absolute atomic E-state index is 13.7. The second kappa shape index (κ2) is 8.25. The summed E-state index contributed by atoms with van der Waals surface area (Å²) in [4.78, 5) is 20.8. The van der Waals surface area contributed by atoms with Crippen molar-refractivity contribution in [2.45, 2.75) is 20.3 Å². The highest BCUT2D eigenvalue weighted by Gasteiger charge is 2.19. The maximum atomic E-state index is 13.7. The number of fused-ring (bicyclic) bond motifs is 1. The lowest BCUT2D eigenvalue weighted by molar-refractivity contribution is -0.115. The summed E-state index contributed by atoms with van der Waals surface area (Å²) in [5, 5.41) is 3.84. The highest BCUT2D eigenvalue weighted by Crippen LogP contribution is 2.28. The highest BCUT2D eigenvalue weighted by molar-refractivity contribution is 5.98. The summed E-state index contributed by atoms with van der Waals surface area (Å²) in [6.45, 7) is 9.11. The maximum Gasteiger partial charge on any atom is 0.228 e. The lowest BCUT2D eigenvalue weighted by Gasteiger charge is -2.36. The number of nitrogens with one attached hydrogen (secondary N) is 2. The Hall–Kier alpha value is -2.86.